The number of nitrogens with one attached hydrogen (secondary N) is 1. The Morgan fingerprint density at radius 2 is 2.28 bits per heavy atom. The van der Waals surface area contributed by atoms with Gasteiger partial charge in [-0.05, 0) is 29.8 Å². The first-order valence-electron chi connectivity index (χ1n) is 5.56. The highest BCUT2D eigenvalue weighted by Crippen LogP contribution is 2.22. The molecule has 0 unspecified atom stereocenters. The third kappa shape index (κ3) is 2.17. The molecule has 2 aromatic heterocycles. The van der Waals surface area contributed by atoms with Gasteiger partial charge >= 0.3 is 0 Å². The summed E-state index contributed by atoms with van der Waals surface area (Å²) in [6, 6.07) is 1.74. The third-order valence-electron chi connectivity index (χ3n) is 2.63. The quantitative estimate of drug-likeness (QED) is 0.942. The maximum absolute atomic E-state index is 12.2. The number of hydrogen-bond donors (Lipinski definition) is 1. The zero-order valence-corrected chi connectivity index (χ0v) is 12.0. The van der Waals surface area contributed by atoms with Crippen molar-refractivity contribution in [3.8, 4) is 0 Å². The van der Waals surface area contributed by atoms with E-state index in [4.69, 9.17) is 0 Å². The zero-order valence-electron chi connectivity index (χ0n) is 10.4. The summed E-state index contributed by atoms with van der Waals surface area (Å²) in [6.45, 7) is 4.44. The van der Waals surface area contributed by atoms with Crippen LogP contribution in [0.3, 0.4) is 0 Å². The predicted octanol–water partition coefficient (Wildman–Crippen LogP) is 1.96. The minimum Gasteiger partial charge on any atom is -0.305 e. The minimum absolute atomic E-state index is 0.201. The van der Waals surface area contributed by atoms with Crippen LogP contribution in [0.4, 0.5) is 5.82 Å². The molecular weight excluding hydrogens is 298 g/mol. The van der Waals surface area contributed by atoms with Crippen molar-refractivity contribution in [2.75, 3.05) is 5.32 Å². The Labute approximate surface area is 113 Å². The van der Waals surface area contributed by atoms with Gasteiger partial charge in [0.1, 0.15) is 11.5 Å². The van der Waals surface area contributed by atoms with Crippen molar-refractivity contribution in [3.05, 3.63) is 28.1 Å². The second-order valence-corrected chi connectivity index (χ2v) is 4.65. The molecule has 18 heavy (non-hydrogen) atoms. The Morgan fingerprint density at radius 3 is 2.83 bits per heavy atom. The SMILES string of the molecule is CCn1nc(C)c(Br)c1C(=O)Nc1ccnn1C. The Bertz CT molecular complexity index is 586. The molecule has 0 radical (unpaired) electrons. The highest BCUT2D eigenvalue weighted by atomic mass is 79.9. The van der Waals surface area contributed by atoms with Crippen molar-refractivity contribution in [2.24, 2.45) is 7.05 Å². The number of hydrogen-bond acceptors (Lipinski definition) is 3. The smallest absolute Gasteiger partial charge is 0.276 e. The topological polar surface area (TPSA) is 64.7 Å². The number of carbonyl (C=O) groups excluding carboxylic acids is 1. The van der Waals surface area contributed by atoms with Crippen LogP contribution in [0, 0.1) is 6.92 Å². The van der Waals surface area contributed by atoms with Gasteiger partial charge in [0, 0.05) is 19.7 Å². The zero-order chi connectivity index (χ0) is 13.3. The van der Waals surface area contributed by atoms with Crippen LogP contribution in [0.25, 0.3) is 0 Å². The normalized spacial score (nSPS) is 10.7. The molecule has 1 amide bonds. The average molecular weight is 312 g/mol. The first-order chi connectivity index (χ1) is 8.54. The molecule has 2 aromatic rings. The molecule has 0 saturated carbocycles. The van der Waals surface area contributed by atoms with Gasteiger partial charge in [0.2, 0.25) is 0 Å². The number of amides is 1. The van der Waals surface area contributed by atoms with Crippen LogP contribution in [-0.4, -0.2) is 25.5 Å². The van der Waals surface area contributed by atoms with Gasteiger partial charge in [0.15, 0.2) is 0 Å². The van der Waals surface area contributed by atoms with Gasteiger partial charge in [-0.1, -0.05) is 0 Å². The van der Waals surface area contributed by atoms with Gasteiger partial charge in [-0.15, -0.1) is 0 Å². The predicted molar refractivity (Wildman–Crippen MR) is 71.5 cm³/mol. The van der Waals surface area contributed by atoms with Gasteiger partial charge in [0.05, 0.1) is 16.4 Å². The molecule has 0 aromatic carbocycles. The van der Waals surface area contributed by atoms with Crippen molar-refractivity contribution < 1.29 is 4.79 Å². The molecule has 2 heterocycles. The summed E-state index contributed by atoms with van der Waals surface area (Å²) in [5.41, 5.74) is 1.32. The molecule has 0 aliphatic heterocycles. The van der Waals surface area contributed by atoms with Gasteiger partial charge in [0.25, 0.3) is 5.91 Å². The highest BCUT2D eigenvalue weighted by Gasteiger charge is 2.20. The average Bonchev–Trinajstić information content (AvgIpc) is 2.85. The van der Waals surface area contributed by atoms with Crippen LogP contribution in [-0.2, 0) is 13.6 Å². The fraction of sp³-hybridized carbons (Fsp3) is 0.364. The number of anilines is 1. The van der Waals surface area contributed by atoms with Crippen LogP contribution in [0.5, 0.6) is 0 Å². The van der Waals surface area contributed by atoms with E-state index in [2.05, 4.69) is 31.4 Å². The van der Waals surface area contributed by atoms with Crippen molar-refractivity contribution in [3.63, 3.8) is 0 Å². The molecule has 0 aliphatic rings. The lowest BCUT2D eigenvalue weighted by molar-refractivity contribution is 0.101. The lowest BCUT2D eigenvalue weighted by atomic mass is 10.3. The van der Waals surface area contributed by atoms with Crippen LogP contribution in [0.2, 0.25) is 0 Å². The van der Waals surface area contributed by atoms with Crippen LogP contribution in [0.15, 0.2) is 16.7 Å². The summed E-state index contributed by atoms with van der Waals surface area (Å²) in [7, 11) is 1.77. The summed E-state index contributed by atoms with van der Waals surface area (Å²) in [4.78, 5) is 12.2. The maximum Gasteiger partial charge on any atom is 0.276 e. The number of aromatic nitrogens is 4. The van der Waals surface area contributed by atoms with E-state index >= 15 is 0 Å². The molecule has 7 heteroatoms. The van der Waals surface area contributed by atoms with E-state index in [1.54, 1.807) is 28.7 Å². The lowest BCUT2D eigenvalue weighted by Crippen LogP contribution is -2.19. The first kappa shape index (κ1) is 12.8. The van der Waals surface area contributed by atoms with E-state index in [-0.39, 0.29) is 5.91 Å². The molecule has 96 valence electrons. The van der Waals surface area contributed by atoms with Crippen molar-refractivity contribution >= 4 is 27.7 Å². The minimum atomic E-state index is -0.201. The van der Waals surface area contributed by atoms with Crippen LogP contribution < -0.4 is 5.32 Å². The fourth-order valence-corrected chi connectivity index (χ4v) is 2.14. The van der Waals surface area contributed by atoms with Gasteiger partial charge in [-0.3, -0.25) is 14.2 Å². The third-order valence-corrected chi connectivity index (χ3v) is 3.58. The molecule has 1 N–H and O–H groups in total. The van der Waals surface area contributed by atoms with E-state index in [9.17, 15) is 4.79 Å². The van der Waals surface area contributed by atoms with Gasteiger partial charge in [-0.25, -0.2) is 0 Å². The number of aryl methyl sites for hydroxylation is 3. The standard InChI is InChI=1S/C11H14BrN5O/c1-4-17-10(9(12)7(2)15-17)11(18)14-8-5-6-13-16(8)3/h5-6H,4H2,1-3H3,(H,14,18). The van der Waals surface area contributed by atoms with Gasteiger partial charge in [-0.2, -0.15) is 10.2 Å². The highest BCUT2D eigenvalue weighted by molar-refractivity contribution is 9.10. The molecule has 0 bridgehead atoms. The van der Waals surface area contributed by atoms with E-state index in [0.717, 1.165) is 10.2 Å². The number of nitrogens with zero attached hydrogens (tertiary/aromatic N) is 4. The molecule has 0 saturated heterocycles. The molecule has 0 atom stereocenters. The van der Waals surface area contributed by atoms with Gasteiger partial charge < -0.3 is 5.32 Å². The second kappa shape index (κ2) is 4.93. The van der Waals surface area contributed by atoms with Crippen molar-refractivity contribution in [1.29, 1.82) is 0 Å². The monoisotopic (exact) mass is 311 g/mol. The maximum atomic E-state index is 12.2. The number of carbonyl (C=O) groups is 1. The van der Waals surface area contributed by atoms with Crippen molar-refractivity contribution in [2.45, 2.75) is 20.4 Å². The van der Waals surface area contributed by atoms with E-state index in [0.29, 0.717) is 18.1 Å². The molecule has 0 aliphatic carbocycles. The Kier molecular flexibility index (Phi) is 3.51. The van der Waals surface area contributed by atoms with Crippen molar-refractivity contribution in [1.82, 2.24) is 19.6 Å². The second-order valence-electron chi connectivity index (χ2n) is 3.86. The summed E-state index contributed by atoms with van der Waals surface area (Å²) < 4.78 is 4.00. The summed E-state index contributed by atoms with van der Waals surface area (Å²) in [5.74, 6) is 0.446. The number of halogens is 1. The lowest BCUT2D eigenvalue weighted by Gasteiger charge is -2.07. The summed E-state index contributed by atoms with van der Waals surface area (Å²) in [6.07, 6.45) is 1.63. The largest absolute Gasteiger partial charge is 0.305 e. The van der Waals surface area contributed by atoms with E-state index < -0.39 is 0 Å². The van der Waals surface area contributed by atoms with E-state index in [1.807, 2.05) is 13.8 Å². The Balaban J connectivity index is 2.32. The molecule has 6 nitrogen and oxygen atoms in total. The summed E-state index contributed by atoms with van der Waals surface area (Å²) in [5, 5.41) is 11.1. The molecule has 2 rings (SSSR count). The molecular formula is C11H14BrN5O. The molecule has 0 fully saturated rings. The fourth-order valence-electron chi connectivity index (χ4n) is 1.68. The van der Waals surface area contributed by atoms with Crippen LogP contribution >= 0.6 is 15.9 Å². The first-order valence-corrected chi connectivity index (χ1v) is 6.36. The summed E-state index contributed by atoms with van der Waals surface area (Å²) >= 11 is 3.40. The Morgan fingerprint density at radius 1 is 1.56 bits per heavy atom. The van der Waals surface area contributed by atoms with Crippen LogP contribution in [0.1, 0.15) is 23.1 Å². The Hall–Kier alpha value is -1.63. The molecule has 0 spiro atoms. The number of rotatable bonds is 3. The van der Waals surface area contributed by atoms with E-state index in [1.165, 1.54) is 0 Å².